The summed E-state index contributed by atoms with van der Waals surface area (Å²) in [5, 5.41) is 12.9. The molecule has 0 atom stereocenters. The molecule has 2 fully saturated rings. The van der Waals surface area contributed by atoms with Gasteiger partial charge in [0.05, 0.1) is 18.3 Å². The van der Waals surface area contributed by atoms with Gasteiger partial charge in [-0.3, -0.25) is 0 Å². The van der Waals surface area contributed by atoms with Gasteiger partial charge >= 0.3 is 6.03 Å². The first-order valence-electron chi connectivity index (χ1n) is 9.44. The van der Waals surface area contributed by atoms with Gasteiger partial charge in [0.1, 0.15) is 0 Å². The number of urea groups is 1. The van der Waals surface area contributed by atoms with E-state index in [1.54, 1.807) is 18.7 Å². The molecule has 0 aliphatic carbocycles. The van der Waals surface area contributed by atoms with E-state index in [9.17, 15) is 9.90 Å². The van der Waals surface area contributed by atoms with Crippen LogP contribution in [0.4, 0.5) is 4.79 Å². The smallest absolute Gasteiger partial charge is 0.317 e. The van der Waals surface area contributed by atoms with Gasteiger partial charge < -0.3 is 24.8 Å². The molecule has 2 aliphatic rings. The van der Waals surface area contributed by atoms with Crippen LogP contribution in [0.5, 0.6) is 0 Å². The minimum absolute atomic E-state index is 0.0747. The maximum Gasteiger partial charge on any atom is 0.317 e. The van der Waals surface area contributed by atoms with E-state index in [-0.39, 0.29) is 18.1 Å². The second kappa shape index (κ2) is 8.37. The summed E-state index contributed by atoms with van der Waals surface area (Å²) >= 11 is 0. The molecule has 0 aromatic heterocycles. The van der Waals surface area contributed by atoms with Crippen molar-refractivity contribution in [2.45, 2.75) is 51.5 Å². The van der Waals surface area contributed by atoms with Crippen molar-refractivity contribution >= 4 is 6.03 Å². The van der Waals surface area contributed by atoms with Crippen LogP contribution in [0.25, 0.3) is 0 Å². The van der Waals surface area contributed by atoms with Gasteiger partial charge in [0.2, 0.25) is 0 Å². The second-order valence-electron chi connectivity index (χ2n) is 7.86. The van der Waals surface area contributed by atoms with E-state index < -0.39 is 5.60 Å². The van der Waals surface area contributed by atoms with Gasteiger partial charge in [-0.2, -0.15) is 0 Å². The predicted octanol–water partition coefficient (Wildman–Crippen LogP) is 2.29. The quantitative estimate of drug-likeness (QED) is 0.815. The Hall–Kier alpha value is -1.63. The Balaban J connectivity index is 1.41. The third kappa shape index (κ3) is 5.19. The van der Waals surface area contributed by atoms with E-state index in [2.05, 4.69) is 11.4 Å². The summed E-state index contributed by atoms with van der Waals surface area (Å²) in [7, 11) is 0. The molecule has 1 aromatic rings. The standard InChI is InChI=1S/C20H30N2O4/c1-20(2,24)17-12-22(13-17)19(23)21-11-15-4-3-5-16(10-15)14-26-18-6-8-25-9-7-18/h3-5,10,17-18,24H,6-9,11-14H2,1-2H3,(H,21,23). The van der Waals surface area contributed by atoms with Crippen molar-refractivity contribution in [2.24, 2.45) is 5.92 Å². The number of benzene rings is 1. The minimum atomic E-state index is -0.727. The third-order valence-corrected chi connectivity index (χ3v) is 5.26. The van der Waals surface area contributed by atoms with Crippen molar-refractivity contribution in [1.29, 1.82) is 0 Å². The lowest BCUT2D eigenvalue weighted by atomic mass is 9.85. The van der Waals surface area contributed by atoms with Gasteiger partial charge in [-0.15, -0.1) is 0 Å². The molecule has 26 heavy (non-hydrogen) atoms. The first-order chi connectivity index (χ1) is 12.4. The molecule has 2 N–H and O–H groups in total. The Morgan fingerprint density at radius 1 is 1.31 bits per heavy atom. The third-order valence-electron chi connectivity index (χ3n) is 5.26. The van der Waals surface area contributed by atoms with E-state index in [1.807, 2.05) is 18.2 Å². The number of aliphatic hydroxyl groups is 1. The monoisotopic (exact) mass is 362 g/mol. The Bertz CT molecular complexity index is 602. The zero-order chi connectivity index (χ0) is 18.6. The van der Waals surface area contributed by atoms with Crippen LogP contribution in [-0.2, 0) is 22.6 Å². The van der Waals surface area contributed by atoms with Crippen LogP contribution in [0, 0.1) is 5.92 Å². The lowest BCUT2D eigenvalue weighted by molar-refractivity contribution is -0.0457. The van der Waals surface area contributed by atoms with Crippen LogP contribution in [0.1, 0.15) is 37.8 Å². The average Bonchev–Trinajstić information content (AvgIpc) is 2.57. The molecule has 0 radical (unpaired) electrons. The van der Waals surface area contributed by atoms with Crippen molar-refractivity contribution in [3.05, 3.63) is 35.4 Å². The highest BCUT2D eigenvalue weighted by atomic mass is 16.5. The summed E-state index contributed by atoms with van der Waals surface area (Å²) in [6.45, 7) is 7.44. The Kier molecular flexibility index (Phi) is 6.16. The highest BCUT2D eigenvalue weighted by Crippen LogP contribution is 2.26. The zero-order valence-corrected chi connectivity index (χ0v) is 15.7. The number of carbonyl (C=O) groups is 1. The number of amides is 2. The number of ether oxygens (including phenoxy) is 2. The van der Waals surface area contributed by atoms with Crippen LogP contribution in [0.2, 0.25) is 0 Å². The molecule has 144 valence electrons. The molecule has 0 saturated carbocycles. The summed E-state index contributed by atoms with van der Waals surface area (Å²) in [6, 6.07) is 8.06. The highest BCUT2D eigenvalue weighted by Gasteiger charge is 2.39. The summed E-state index contributed by atoms with van der Waals surface area (Å²) in [6.07, 6.45) is 2.19. The van der Waals surface area contributed by atoms with Crippen molar-refractivity contribution in [3.8, 4) is 0 Å². The Labute approximate surface area is 155 Å². The van der Waals surface area contributed by atoms with Gasteiger partial charge in [0.15, 0.2) is 0 Å². The zero-order valence-electron chi connectivity index (χ0n) is 15.7. The number of hydrogen-bond donors (Lipinski definition) is 2. The first-order valence-corrected chi connectivity index (χ1v) is 9.44. The van der Waals surface area contributed by atoms with Crippen LogP contribution >= 0.6 is 0 Å². The Morgan fingerprint density at radius 3 is 2.69 bits per heavy atom. The van der Waals surface area contributed by atoms with E-state index >= 15 is 0 Å². The molecular formula is C20H30N2O4. The number of hydrogen-bond acceptors (Lipinski definition) is 4. The lowest BCUT2D eigenvalue weighted by Gasteiger charge is -2.45. The highest BCUT2D eigenvalue weighted by molar-refractivity contribution is 5.75. The fourth-order valence-electron chi connectivity index (χ4n) is 3.27. The Morgan fingerprint density at radius 2 is 2.00 bits per heavy atom. The van der Waals surface area contributed by atoms with E-state index in [0.717, 1.165) is 37.2 Å². The summed E-state index contributed by atoms with van der Waals surface area (Å²) < 4.78 is 11.3. The molecule has 3 rings (SSSR count). The van der Waals surface area contributed by atoms with Crippen molar-refractivity contribution in [3.63, 3.8) is 0 Å². The largest absolute Gasteiger partial charge is 0.390 e. The van der Waals surface area contributed by atoms with Crippen molar-refractivity contribution < 1.29 is 19.4 Å². The van der Waals surface area contributed by atoms with Crippen LogP contribution < -0.4 is 5.32 Å². The molecule has 0 unspecified atom stereocenters. The maximum atomic E-state index is 12.2. The molecule has 6 nitrogen and oxygen atoms in total. The van der Waals surface area contributed by atoms with E-state index in [0.29, 0.717) is 26.2 Å². The number of nitrogens with zero attached hydrogens (tertiary/aromatic N) is 1. The normalized spacial score (nSPS) is 19.3. The SMILES string of the molecule is CC(C)(O)C1CN(C(=O)NCc2cccc(COC3CCOCC3)c2)C1. The van der Waals surface area contributed by atoms with Crippen molar-refractivity contribution in [1.82, 2.24) is 10.2 Å². The van der Waals surface area contributed by atoms with Gasteiger partial charge in [0.25, 0.3) is 0 Å². The molecule has 0 bridgehead atoms. The molecule has 2 heterocycles. The molecule has 0 spiro atoms. The van der Waals surface area contributed by atoms with Crippen LogP contribution in [0.15, 0.2) is 24.3 Å². The first kappa shape index (κ1) is 19.1. The summed E-state index contributed by atoms with van der Waals surface area (Å²) in [5.74, 6) is 0.152. The molecule has 6 heteroatoms. The number of nitrogens with one attached hydrogen (secondary N) is 1. The van der Waals surface area contributed by atoms with Gasteiger partial charge in [-0.1, -0.05) is 24.3 Å². The molecule has 2 aliphatic heterocycles. The van der Waals surface area contributed by atoms with Crippen LogP contribution in [-0.4, -0.2) is 54.0 Å². The average molecular weight is 362 g/mol. The topological polar surface area (TPSA) is 71.0 Å². The molecule has 1 aromatic carbocycles. The van der Waals surface area contributed by atoms with Crippen LogP contribution in [0.3, 0.4) is 0 Å². The lowest BCUT2D eigenvalue weighted by Crippen LogP contribution is -2.59. The molecular weight excluding hydrogens is 332 g/mol. The summed E-state index contributed by atoms with van der Waals surface area (Å²) in [4.78, 5) is 13.9. The van der Waals surface area contributed by atoms with E-state index in [1.165, 1.54) is 0 Å². The maximum absolute atomic E-state index is 12.2. The number of carbonyl (C=O) groups excluding carboxylic acids is 1. The number of rotatable bonds is 6. The van der Waals surface area contributed by atoms with Gasteiger partial charge in [-0.25, -0.2) is 4.79 Å². The fourth-order valence-corrected chi connectivity index (χ4v) is 3.27. The van der Waals surface area contributed by atoms with Crippen molar-refractivity contribution in [2.75, 3.05) is 26.3 Å². The molecule has 2 saturated heterocycles. The fraction of sp³-hybridized carbons (Fsp3) is 0.650. The van der Waals surface area contributed by atoms with E-state index in [4.69, 9.17) is 9.47 Å². The minimum Gasteiger partial charge on any atom is -0.390 e. The predicted molar refractivity (Wildman–Crippen MR) is 98.7 cm³/mol. The van der Waals surface area contributed by atoms with Gasteiger partial charge in [-0.05, 0) is 37.8 Å². The number of likely N-dealkylation sites (tertiary alicyclic amines) is 1. The summed E-state index contributed by atoms with van der Waals surface area (Å²) in [5.41, 5.74) is 1.45. The van der Waals surface area contributed by atoms with Gasteiger partial charge in [0, 0.05) is 38.8 Å². The second-order valence-corrected chi connectivity index (χ2v) is 7.86. The molecule has 2 amide bonds.